The van der Waals surface area contributed by atoms with E-state index in [4.69, 9.17) is 4.42 Å². The number of hydrogen-bond acceptors (Lipinski definition) is 6. The van der Waals surface area contributed by atoms with Gasteiger partial charge >= 0.3 is 0 Å². The molecule has 1 aromatic carbocycles. The third-order valence-electron chi connectivity index (χ3n) is 5.06. The van der Waals surface area contributed by atoms with Gasteiger partial charge in [0.25, 0.3) is 0 Å². The van der Waals surface area contributed by atoms with Crippen LogP contribution in [0.4, 0.5) is 0 Å². The Hall–Kier alpha value is -2.84. The molecule has 0 N–H and O–H groups in total. The highest BCUT2D eigenvalue weighted by Crippen LogP contribution is 2.30. The molecule has 0 radical (unpaired) electrons. The zero-order valence-electron chi connectivity index (χ0n) is 16.4. The van der Waals surface area contributed by atoms with Crippen LogP contribution in [0, 0.1) is 6.92 Å². The number of hydrogen-bond donors (Lipinski definition) is 0. The van der Waals surface area contributed by atoms with Crippen LogP contribution in [0.3, 0.4) is 0 Å². The molecule has 3 heterocycles. The Bertz CT molecular complexity index is 1160. The first-order chi connectivity index (χ1) is 14.0. The normalized spacial score (nSPS) is 15.3. The Kier molecular flexibility index (Phi) is 5.29. The van der Waals surface area contributed by atoms with E-state index in [0.29, 0.717) is 31.3 Å². The van der Waals surface area contributed by atoms with E-state index in [-0.39, 0.29) is 7.18 Å². The lowest BCUT2D eigenvalue weighted by Crippen LogP contribution is -2.35. The van der Waals surface area contributed by atoms with Gasteiger partial charge in [-0.15, -0.1) is 10.2 Å². The first-order valence-corrected chi connectivity index (χ1v) is 11.1. The summed E-state index contributed by atoms with van der Waals surface area (Å²) >= 11 is 0. The van der Waals surface area contributed by atoms with Gasteiger partial charge in [0.2, 0.25) is 21.8 Å². The van der Waals surface area contributed by atoms with Crippen molar-refractivity contribution in [2.75, 3.05) is 18.8 Å². The van der Waals surface area contributed by atoms with Gasteiger partial charge < -0.3 is 4.42 Å². The Balaban J connectivity index is 0.00000256. The molecule has 0 unspecified atom stereocenters. The van der Waals surface area contributed by atoms with E-state index in [2.05, 4.69) is 15.2 Å². The zero-order chi connectivity index (χ0) is 20.4. The zero-order valence-corrected chi connectivity index (χ0v) is 17.2. The molecule has 0 bridgehead atoms. The topological polar surface area (TPSA) is 89.2 Å². The largest absolute Gasteiger partial charge is 0.416 e. The average molecular weight is 413 g/mol. The van der Waals surface area contributed by atoms with Crippen molar-refractivity contribution >= 4 is 15.6 Å². The maximum absolute atomic E-state index is 12.1. The summed E-state index contributed by atoms with van der Waals surface area (Å²) in [5.41, 5.74) is 4.45. The van der Waals surface area contributed by atoms with Gasteiger partial charge in [-0.2, -0.15) is 4.31 Å². The summed E-state index contributed by atoms with van der Waals surface area (Å²) in [6.07, 6.45) is 4.40. The van der Waals surface area contributed by atoms with Gasteiger partial charge in [0.15, 0.2) is 0 Å². The molecule has 0 saturated carbocycles. The van der Waals surface area contributed by atoms with Crippen LogP contribution in [0.5, 0.6) is 0 Å². The standard InChI is InChI=1S/C21H22N4O3S.H2/c1-3-29(26,27)25-11-9-16(10-12-25)18-13-19(15(2)22-14-18)21-24-23-20(28-21)17-7-5-4-6-8-17;/h4-9,13-14H,3,10-12H2,1-2H3;1H. The number of pyridine rings is 1. The second-order valence-electron chi connectivity index (χ2n) is 6.87. The molecule has 8 heteroatoms. The van der Waals surface area contributed by atoms with E-state index in [1.54, 1.807) is 6.92 Å². The van der Waals surface area contributed by atoms with Crippen molar-refractivity contribution in [2.45, 2.75) is 20.3 Å². The van der Waals surface area contributed by atoms with Crippen LogP contribution >= 0.6 is 0 Å². The summed E-state index contributed by atoms with van der Waals surface area (Å²) in [6.45, 7) is 4.42. The van der Waals surface area contributed by atoms with Crippen molar-refractivity contribution in [1.82, 2.24) is 19.5 Å². The van der Waals surface area contributed by atoms with Crippen LogP contribution in [-0.4, -0.2) is 46.7 Å². The molecule has 1 aliphatic rings. The quantitative estimate of drug-likeness (QED) is 0.633. The molecule has 0 atom stereocenters. The highest BCUT2D eigenvalue weighted by molar-refractivity contribution is 7.89. The molecular formula is C21H24N4O3S. The molecule has 0 fully saturated rings. The van der Waals surface area contributed by atoms with E-state index in [1.807, 2.05) is 55.6 Å². The second-order valence-corrected chi connectivity index (χ2v) is 9.13. The number of rotatable bonds is 5. The van der Waals surface area contributed by atoms with Gasteiger partial charge in [-0.05, 0) is 49.6 Å². The van der Waals surface area contributed by atoms with Crippen LogP contribution < -0.4 is 0 Å². The second kappa shape index (κ2) is 7.88. The van der Waals surface area contributed by atoms with Gasteiger partial charge in [-0.25, -0.2) is 8.42 Å². The number of benzene rings is 1. The van der Waals surface area contributed by atoms with Crippen molar-refractivity contribution in [3.05, 3.63) is 59.9 Å². The molecule has 0 saturated heterocycles. The van der Waals surface area contributed by atoms with Crippen molar-refractivity contribution < 1.29 is 14.3 Å². The van der Waals surface area contributed by atoms with E-state index < -0.39 is 10.0 Å². The third kappa shape index (κ3) is 3.99. The Morgan fingerprint density at radius 1 is 1.14 bits per heavy atom. The fourth-order valence-corrected chi connectivity index (χ4v) is 4.34. The predicted molar refractivity (Wildman–Crippen MR) is 113 cm³/mol. The molecule has 0 aliphatic carbocycles. The van der Waals surface area contributed by atoms with Crippen molar-refractivity contribution in [3.63, 3.8) is 0 Å². The van der Waals surface area contributed by atoms with Gasteiger partial charge in [-0.1, -0.05) is 24.3 Å². The molecule has 0 spiro atoms. The molecule has 4 rings (SSSR count). The molecule has 3 aromatic rings. The summed E-state index contributed by atoms with van der Waals surface area (Å²) in [7, 11) is -3.17. The van der Waals surface area contributed by atoms with Crippen LogP contribution in [0.2, 0.25) is 0 Å². The fourth-order valence-electron chi connectivity index (χ4n) is 3.30. The lowest BCUT2D eigenvalue weighted by molar-refractivity contribution is 0.442. The summed E-state index contributed by atoms with van der Waals surface area (Å²) in [4.78, 5) is 4.50. The van der Waals surface area contributed by atoms with E-state index >= 15 is 0 Å². The minimum atomic E-state index is -3.17. The molecule has 0 amide bonds. The smallest absolute Gasteiger partial charge is 0.250 e. The number of aromatic nitrogens is 3. The van der Waals surface area contributed by atoms with Gasteiger partial charge in [0.05, 0.1) is 11.3 Å². The van der Waals surface area contributed by atoms with Crippen LogP contribution in [-0.2, 0) is 10.0 Å². The van der Waals surface area contributed by atoms with Crippen molar-refractivity contribution in [2.24, 2.45) is 0 Å². The monoisotopic (exact) mass is 412 g/mol. The van der Waals surface area contributed by atoms with Gasteiger partial charge in [0, 0.05) is 32.0 Å². The molecule has 7 nitrogen and oxygen atoms in total. The SMILES string of the molecule is CCS(=O)(=O)N1CC=C(c2cnc(C)c(-c3nnc(-c4ccccc4)o3)c2)CC1.[HH]. The van der Waals surface area contributed by atoms with Gasteiger partial charge in [0.1, 0.15) is 0 Å². The average Bonchev–Trinajstić information content (AvgIpc) is 3.25. The van der Waals surface area contributed by atoms with Crippen molar-refractivity contribution in [3.8, 4) is 22.9 Å². The highest BCUT2D eigenvalue weighted by atomic mass is 32.2. The molecule has 2 aromatic heterocycles. The van der Waals surface area contributed by atoms with Crippen LogP contribution in [0.25, 0.3) is 28.5 Å². The minimum Gasteiger partial charge on any atom is -0.416 e. The molecule has 1 aliphatic heterocycles. The lowest BCUT2D eigenvalue weighted by atomic mass is 9.99. The Morgan fingerprint density at radius 3 is 2.59 bits per heavy atom. The Morgan fingerprint density at radius 2 is 1.90 bits per heavy atom. The third-order valence-corrected chi connectivity index (χ3v) is 6.91. The summed E-state index contributed by atoms with van der Waals surface area (Å²) in [5, 5.41) is 8.36. The van der Waals surface area contributed by atoms with E-state index in [0.717, 1.165) is 28.0 Å². The number of nitrogens with zero attached hydrogens (tertiary/aromatic N) is 4. The number of sulfonamides is 1. The minimum absolute atomic E-state index is 0. The van der Waals surface area contributed by atoms with Crippen LogP contribution in [0.1, 0.15) is 26.0 Å². The molecule has 152 valence electrons. The maximum atomic E-state index is 12.1. The highest BCUT2D eigenvalue weighted by Gasteiger charge is 2.23. The van der Waals surface area contributed by atoms with E-state index in [9.17, 15) is 8.42 Å². The number of aryl methyl sites for hydroxylation is 1. The maximum Gasteiger partial charge on any atom is 0.250 e. The van der Waals surface area contributed by atoms with E-state index in [1.165, 1.54) is 4.31 Å². The van der Waals surface area contributed by atoms with Crippen molar-refractivity contribution in [1.29, 1.82) is 0 Å². The Labute approximate surface area is 171 Å². The molecular weight excluding hydrogens is 388 g/mol. The lowest BCUT2D eigenvalue weighted by Gasteiger charge is -2.25. The van der Waals surface area contributed by atoms with Crippen LogP contribution in [0.15, 0.2) is 53.1 Å². The summed E-state index contributed by atoms with van der Waals surface area (Å²) in [5.74, 6) is 0.998. The predicted octanol–water partition coefficient (Wildman–Crippen LogP) is 3.79. The van der Waals surface area contributed by atoms with Gasteiger partial charge in [-0.3, -0.25) is 4.98 Å². The first kappa shape index (κ1) is 19.5. The molecule has 29 heavy (non-hydrogen) atoms. The summed E-state index contributed by atoms with van der Waals surface area (Å²) < 4.78 is 31.5. The fraction of sp³-hybridized carbons (Fsp3) is 0.286. The first-order valence-electron chi connectivity index (χ1n) is 9.51. The summed E-state index contributed by atoms with van der Waals surface area (Å²) in [6, 6.07) is 11.6.